The van der Waals surface area contributed by atoms with Gasteiger partial charge in [-0.3, -0.25) is 0 Å². The molecule has 0 heterocycles. The van der Waals surface area contributed by atoms with Gasteiger partial charge in [0.05, 0.1) is 5.56 Å². The van der Waals surface area contributed by atoms with E-state index in [2.05, 4.69) is 5.73 Å². The van der Waals surface area contributed by atoms with Gasteiger partial charge in [-0.25, -0.2) is 8.78 Å². The van der Waals surface area contributed by atoms with Crippen molar-refractivity contribution >= 4 is 12.4 Å². The van der Waals surface area contributed by atoms with Gasteiger partial charge in [-0.1, -0.05) is 0 Å². The van der Waals surface area contributed by atoms with Crippen LogP contribution in [0.3, 0.4) is 0 Å². The molecule has 0 bridgehead atoms. The highest BCUT2D eigenvalue weighted by molar-refractivity contribution is 5.85. The maximum atomic E-state index is 12.9. The van der Waals surface area contributed by atoms with E-state index in [1.54, 1.807) is 0 Å². The molecular weight excluding hydrogens is 257 g/mol. The highest BCUT2D eigenvalue weighted by Crippen LogP contribution is 2.37. The maximum absolute atomic E-state index is 12.9. The number of benzene rings is 1. The summed E-state index contributed by atoms with van der Waals surface area (Å²) in [7, 11) is 0. The predicted octanol–water partition coefficient (Wildman–Crippen LogP) is 2.65. The molecule has 0 aliphatic heterocycles. The zero-order chi connectivity index (χ0) is 11.8. The molecule has 8 heteroatoms. The molecule has 0 saturated heterocycles. The second kappa shape index (κ2) is 4.84. The van der Waals surface area contributed by atoms with E-state index < -0.39 is 35.2 Å². The van der Waals surface area contributed by atoms with Gasteiger partial charge in [0.25, 0.3) is 0 Å². The third kappa shape index (κ3) is 2.73. The Morgan fingerprint density at radius 1 is 1.12 bits per heavy atom. The van der Waals surface area contributed by atoms with Crippen molar-refractivity contribution in [3.63, 3.8) is 0 Å². The lowest BCUT2D eigenvalue weighted by molar-refractivity contribution is -0.150. The molecule has 2 nitrogen and oxygen atoms in total. The van der Waals surface area contributed by atoms with E-state index in [9.17, 15) is 22.0 Å². The van der Waals surface area contributed by atoms with Crippen molar-refractivity contribution in [1.82, 2.24) is 0 Å². The van der Waals surface area contributed by atoms with E-state index in [1.165, 1.54) is 0 Å². The van der Waals surface area contributed by atoms with E-state index in [0.717, 1.165) is 0 Å². The Hall–Kier alpha value is -1.08. The first-order valence-electron chi connectivity index (χ1n) is 3.74. The molecular formula is C8H7ClF5NO. The molecule has 0 unspecified atom stereocenters. The zero-order valence-electron chi connectivity index (χ0n) is 7.55. The lowest BCUT2D eigenvalue weighted by Gasteiger charge is -2.17. The largest absolute Gasteiger partial charge is 0.505 e. The van der Waals surface area contributed by atoms with Crippen LogP contribution in [0.1, 0.15) is 11.6 Å². The Morgan fingerprint density at radius 2 is 1.56 bits per heavy atom. The molecule has 0 aliphatic rings. The van der Waals surface area contributed by atoms with Crippen molar-refractivity contribution < 1.29 is 27.1 Å². The van der Waals surface area contributed by atoms with Gasteiger partial charge in [-0.05, 0) is 12.1 Å². The zero-order valence-corrected chi connectivity index (χ0v) is 8.37. The van der Waals surface area contributed by atoms with Gasteiger partial charge in [-0.2, -0.15) is 13.2 Å². The minimum atomic E-state index is -4.95. The first-order valence-corrected chi connectivity index (χ1v) is 3.74. The number of nitrogens with two attached hydrogens (primary N) is 1. The van der Waals surface area contributed by atoms with Crippen molar-refractivity contribution in [2.75, 3.05) is 0 Å². The predicted molar refractivity (Wildman–Crippen MR) is 48.3 cm³/mol. The summed E-state index contributed by atoms with van der Waals surface area (Å²) in [6.07, 6.45) is -4.95. The maximum Gasteiger partial charge on any atom is 0.407 e. The topological polar surface area (TPSA) is 46.2 Å². The number of phenolic OH excluding ortho intramolecular Hbond substituents is 1. The van der Waals surface area contributed by atoms with Crippen molar-refractivity contribution in [2.24, 2.45) is 5.73 Å². The van der Waals surface area contributed by atoms with Crippen LogP contribution in [0.15, 0.2) is 12.1 Å². The van der Waals surface area contributed by atoms with Crippen LogP contribution in [0.4, 0.5) is 22.0 Å². The number of aromatic hydroxyl groups is 1. The molecule has 3 N–H and O–H groups in total. The molecule has 0 amide bonds. The van der Waals surface area contributed by atoms with Crippen LogP contribution in [0.5, 0.6) is 5.75 Å². The Labute approximate surface area is 93.3 Å². The number of hydrogen-bond donors (Lipinski definition) is 2. The van der Waals surface area contributed by atoms with Crippen LogP contribution >= 0.6 is 12.4 Å². The lowest BCUT2D eigenvalue weighted by Crippen LogP contribution is -2.29. The second-order valence-electron chi connectivity index (χ2n) is 2.81. The van der Waals surface area contributed by atoms with E-state index in [4.69, 9.17) is 5.11 Å². The molecule has 1 aromatic rings. The summed E-state index contributed by atoms with van der Waals surface area (Å²) < 4.78 is 61.9. The molecule has 0 radical (unpaired) electrons. The Kier molecular flexibility index (Phi) is 4.51. The monoisotopic (exact) mass is 263 g/mol. The fraction of sp³-hybridized carbons (Fsp3) is 0.250. The van der Waals surface area contributed by atoms with Gasteiger partial charge in [0.15, 0.2) is 11.6 Å². The third-order valence-electron chi connectivity index (χ3n) is 1.78. The van der Waals surface area contributed by atoms with Gasteiger partial charge in [0.1, 0.15) is 11.9 Å². The molecule has 1 aromatic carbocycles. The van der Waals surface area contributed by atoms with E-state index in [0.29, 0.717) is 12.1 Å². The van der Waals surface area contributed by atoms with Crippen molar-refractivity contribution in [2.45, 2.75) is 12.2 Å². The molecule has 0 spiro atoms. The second-order valence-corrected chi connectivity index (χ2v) is 2.81. The summed E-state index contributed by atoms with van der Waals surface area (Å²) in [5.74, 6) is -4.18. The Balaban J connectivity index is 0.00000225. The van der Waals surface area contributed by atoms with Gasteiger partial charge in [-0.15, -0.1) is 12.4 Å². The van der Waals surface area contributed by atoms with Crippen LogP contribution in [0.2, 0.25) is 0 Å². The van der Waals surface area contributed by atoms with E-state index in [1.807, 2.05) is 0 Å². The summed E-state index contributed by atoms with van der Waals surface area (Å²) in [6, 6.07) is -1.78. The van der Waals surface area contributed by atoms with Crippen LogP contribution in [-0.4, -0.2) is 11.3 Å². The molecule has 16 heavy (non-hydrogen) atoms. The molecule has 1 atom stereocenters. The minimum Gasteiger partial charge on any atom is -0.505 e. The fourth-order valence-corrected chi connectivity index (χ4v) is 1.02. The average Bonchev–Trinajstić information content (AvgIpc) is 2.10. The SMILES string of the molecule is Cl.N[C@H](c1c(F)ccc(F)c1O)C(F)(F)F. The number of phenols is 1. The Morgan fingerprint density at radius 3 is 2.00 bits per heavy atom. The smallest absolute Gasteiger partial charge is 0.407 e. The van der Waals surface area contributed by atoms with Crippen LogP contribution in [0, 0.1) is 11.6 Å². The molecule has 0 fully saturated rings. The first kappa shape index (κ1) is 14.9. The summed E-state index contributed by atoms with van der Waals surface area (Å²) in [4.78, 5) is 0. The third-order valence-corrected chi connectivity index (χ3v) is 1.78. The first-order chi connectivity index (χ1) is 6.75. The molecule has 92 valence electrons. The molecule has 0 aliphatic carbocycles. The number of halogens is 6. The van der Waals surface area contributed by atoms with Crippen molar-refractivity contribution in [3.05, 3.63) is 29.3 Å². The number of hydrogen-bond acceptors (Lipinski definition) is 2. The molecule has 1 rings (SSSR count). The van der Waals surface area contributed by atoms with Crippen molar-refractivity contribution in [1.29, 1.82) is 0 Å². The molecule has 0 saturated carbocycles. The quantitative estimate of drug-likeness (QED) is 0.765. The number of alkyl halides is 3. The summed E-state index contributed by atoms with van der Waals surface area (Å²) in [5, 5.41) is 8.92. The van der Waals surface area contributed by atoms with E-state index >= 15 is 0 Å². The van der Waals surface area contributed by atoms with Gasteiger partial charge in [0.2, 0.25) is 0 Å². The average molecular weight is 264 g/mol. The highest BCUT2D eigenvalue weighted by atomic mass is 35.5. The number of rotatable bonds is 1. The van der Waals surface area contributed by atoms with Gasteiger partial charge < -0.3 is 10.8 Å². The summed E-state index contributed by atoms with van der Waals surface area (Å²) >= 11 is 0. The lowest BCUT2D eigenvalue weighted by atomic mass is 10.1. The van der Waals surface area contributed by atoms with Crippen LogP contribution in [0.25, 0.3) is 0 Å². The molecule has 0 aromatic heterocycles. The normalized spacial score (nSPS) is 13.1. The Bertz CT molecular complexity index is 381. The van der Waals surface area contributed by atoms with Crippen LogP contribution in [-0.2, 0) is 0 Å². The minimum absolute atomic E-state index is 0. The van der Waals surface area contributed by atoms with Gasteiger partial charge in [0, 0.05) is 0 Å². The van der Waals surface area contributed by atoms with E-state index in [-0.39, 0.29) is 12.4 Å². The standard InChI is InChI=1S/C8H6F5NO.ClH/c9-3-1-2-4(10)6(15)5(3)7(14)8(11,12)13;/h1-2,7,15H,14H2;1H/t7-;/m1./s1. The summed E-state index contributed by atoms with van der Waals surface area (Å²) in [5.41, 5.74) is 3.36. The van der Waals surface area contributed by atoms with Crippen LogP contribution < -0.4 is 5.73 Å². The fourth-order valence-electron chi connectivity index (χ4n) is 1.02. The van der Waals surface area contributed by atoms with Crippen molar-refractivity contribution in [3.8, 4) is 5.75 Å². The highest BCUT2D eigenvalue weighted by Gasteiger charge is 2.41. The summed E-state index contributed by atoms with van der Waals surface area (Å²) in [6.45, 7) is 0. The van der Waals surface area contributed by atoms with Gasteiger partial charge >= 0.3 is 6.18 Å².